The molecule has 3 rings (SSSR count). The van der Waals surface area contributed by atoms with Crippen molar-refractivity contribution in [3.8, 4) is 11.3 Å². The summed E-state index contributed by atoms with van der Waals surface area (Å²) in [4.78, 5) is 3.19. The third kappa shape index (κ3) is 1.13. The van der Waals surface area contributed by atoms with E-state index in [0.29, 0.717) is 5.69 Å². The highest BCUT2D eigenvalue weighted by Gasteiger charge is 2.11. The molecule has 4 heteroatoms. The van der Waals surface area contributed by atoms with E-state index in [1.54, 1.807) is 10.9 Å². The first-order valence-electron chi connectivity index (χ1n) is 5.11. The summed E-state index contributed by atoms with van der Waals surface area (Å²) in [6, 6.07) is 8.17. The highest BCUT2D eigenvalue weighted by atomic mass is 15.3. The summed E-state index contributed by atoms with van der Waals surface area (Å²) in [5, 5.41) is 5.33. The molecule has 3 N–H and O–H groups in total. The zero-order chi connectivity index (χ0) is 11.1. The molecule has 0 atom stereocenters. The maximum Gasteiger partial charge on any atom is 0.0915 e. The van der Waals surface area contributed by atoms with Crippen LogP contribution in [0, 0.1) is 0 Å². The Morgan fingerprint density at radius 3 is 2.94 bits per heavy atom. The lowest BCUT2D eigenvalue weighted by molar-refractivity contribution is 0.776. The van der Waals surface area contributed by atoms with Crippen LogP contribution in [0.1, 0.15) is 0 Å². The third-order valence-electron chi connectivity index (χ3n) is 2.82. The Balaban J connectivity index is 2.38. The van der Waals surface area contributed by atoms with E-state index >= 15 is 0 Å². The van der Waals surface area contributed by atoms with Crippen LogP contribution < -0.4 is 5.73 Å². The lowest BCUT2D eigenvalue weighted by atomic mass is 10.1. The van der Waals surface area contributed by atoms with Crippen molar-refractivity contribution in [2.75, 3.05) is 5.73 Å². The number of rotatable bonds is 1. The number of hydrogen-bond acceptors (Lipinski definition) is 2. The van der Waals surface area contributed by atoms with Gasteiger partial charge in [0.25, 0.3) is 0 Å². The number of hydrogen-bond donors (Lipinski definition) is 2. The number of nitrogens with two attached hydrogens (primary N) is 1. The van der Waals surface area contributed by atoms with Crippen molar-refractivity contribution in [2.45, 2.75) is 0 Å². The van der Waals surface area contributed by atoms with Gasteiger partial charge in [0.15, 0.2) is 0 Å². The molecular formula is C12H12N4. The molecule has 0 aliphatic rings. The zero-order valence-electron chi connectivity index (χ0n) is 8.94. The van der Waals surface area contributed by atoms with Gasteiger partial charge in [0.2, 0.25) is 0 Å². The average molecular weight is 212 g/mol. The fourth-order valence-corrected chi connectivity index (χ4v) is 2.08. The van der Waals surface area contributed by atoms with E-state index in [0.717, 1.165) is 22.2 Å². The van der Waals surface area contributed by atoms with Crippen LogP contribution in [-0.4, -0.2) is 14.8 Å². The summed E-state index contributed by atoms with van der Waals surface area (Å²) in [5.74, 6) is 0. The van der Waals surface area contributed by atoms with Crippen molar-refractivity contribution < 1.29 is 0 Å². The summed E-state index contributed by atoms with van der Waals surface area (Å²) < 4.78 is 1.80. The second kappa shape index (κ2) is 3.13. The molecule has 0 spiro atoms. The van der Waals surface area contributed by atoms with Gasteiger partial charge in [-0.2, -0.15) is 5.10 Å². The summed E-state index contributed by atoms with van der Waals surface area (Å²) in [6.45, 7) is 0. The van der Waals surface area contributed by atoms with Crippen molar-refractivity contribution in [3.63, 3.8) is 0 Å². The number of fused-ring (bicyclic) bond motifs is 1. The normalized spacial score (nSPS) is 11.1. The Labute approximate surface area is 92.7 Å². The fraction of sp³-hybridized carbons (Fsp3) is 0.0833. The predicted molar refractivity (Wildman–Crippen MR) is 64.9 cm³/mol. The van der Waals surface area contributed by atoms with Gasteiger partial charge in [0.1, 0.15) is 0 Å². The van der Waals surface area contributed by atoms with Gasteiger partial charge in [-0.15, -0.1) is 0 Å². The molecule has 0 unspecified atom stereocenters. The van der Waals surface area contributed by atoms with Gasteiger partial charge in [0, 0.05) is 29.7 Å². The van der Waals surface area contributed by atoms with E-state index in [9.17, 15) is 0 Å². The quantitative estimate of drug-likeness (QED) is 0.649. The number of aromatic nitrogens is 3. The van der Waals surface area contributed by atoms with E-state index in [1.807, 2.05) is 25.4 Å². The maximum absolute atomic E-state index is 5.94. The Morgan fingerprint density at radius 1 is 1.31 bits per heavy atom. The highest BCUT2D eigenvalue weighted by molar-refractivity contribution is 5.96. The first kappa shape index (κ1) is 9.03. The number of H-pyrrole nitrogens is 1. The van der Waals surface area contributed by atoms with Crippen LogP contribution in [0.3, 0.4) is 0 Å². The van der Waals surface area contributed by atoms with Crippen LogP contribution in [0.2, 0.25) is 0 Å². The van der Waals surface area contributed by atoms with E-state index in [4.69, 9.17) is 5.73 Å². The zero-order valence-corrected chi connectivity index (χ0v) is 8.94. The minimum Gasteiger partial charge on any atom is -0.396 e. The van der Waals surface area contributed by atoms with Gasteiger partial charge in [0.05, 0.1) is 17.6 Å². The van der Waals surface area contributed by atoms with Gasteiger partial charge < -0.3 is 10.7 Å². The molecule has 0 amide bonds. The molecule has 0 saturated carbocycles. The van der Waals surface area contributed by atoms with Crippen molar-refractivity contribution in [1.29, 1.82) is 0 Å². The minimum atomic E-state index is 0.705. The molecule has 2 heterocycles. The van der Waals surface area contributed by atoms with Gasteiger partial charge in [-0.3, -0.25) is 4.68 Å². The lowest BCUT2D eigenvalue weighted by Crippen LogP contribution is -1.96. The molecule has 80 valence electrons. The molecule has 0 bridgehead atoms. The second-order valence-corrected chi connectivity index (χ2v) is 3.82. The topological polar surface area (TPSA) is 59.6 Å². The number of benzene rings is 1. The standard InChI is InChI=1S/C12H12N4/c1-16-12(10(13)7-15-16)9-3-2-4-11-8(9)5-6-14-11/h2-7,14H,13H2,1H3. The predicted octanol–water partition coefficient (Wildman–Crippen LogP) is 2.15. The first-order valence-corrected chi connectivity index (χ1v) is 5.11. The monoisotopic (exact) mass is 212 g/mol. The molecule has 4 nitrogen and oxygen atoms in total. The molecule has 0 radical (unpaired) electrons. The Bertz CT molecular complexity index is 628. The molecule has 2 aromatic heterocycles. The molecule has 0 fully saturated rings. The molecule has 0 saturated heterocycles. The van der Waals surface area contributed by atoms with Crippen molar-refractivity contribution in [1.82, 2.24) is 14.8 Å². The van der Waals surface area contributed by atoms with Gasteiger partial charge in [-0.1, -0.05) is 12.1 Å². The molecule has 0 aliphatic carbocycles. The smallest absolute Gasteiger partial charge is 0.0915 e. The summed E-state index contributed by atoms with van der Waals surface area (Å²) in [6.07, 6.45) is 3.61. The molecule has 1 aromatic carbocycles. The van der Waals surface area contributed by atoms with E-state index in [2.05, 4.69) is 22.2 Å². The third-order valence-corrected chi connectivity index (χ3v) is 2.82. The molecule has 16 heavy (non-hydrogen) atoms. The van der Waals surface area contributed by atoms with E-state index in [1.165, 1.54) is 0 Å². The number of anilines is 1. The summed E-state index contributed by atoms with van der Waals surface area (Å²) in [7, 11) is 1.90. The van der Waals surface area contributed by atoms with Crippen LogP contribution >= 0.6 is 0 Å². The van der Waals surface area contributed by atoms with E-state index in [-0.39, 0.29) is 0 Å². The van der Waals surface area contributed by atoms with Crippen LogP contribution in [0.25, 0.3) is 22.2 Å². The number of nitrogen functional groups attached to an aromatic ring is 1. The molecular weight excluding hydrogens is 200 g/mol. The molecule has 3 aromatic rings. The lowest BCUT2D eigenvalue weighted by Gasteiger charge is -2.05. The number of aromatic amines is 1. The summed E-state index contributed by atoms with van der Waals surface area (Å²) >= 11 is 0. The van der Waals surface area contributed by atoms with Crippen molar-refractivity contribution >= 4 is 16.6 Å². The second-order valence-electron chi connectivity index (χ2n) is 3.82. The van der Waals surface area contributed by atoms with Gasteiger partial charge >= 0.3 is 0 Å². The highest BCUT2D eigenvalue weighted by Crippen LogP contribution is 2.31. The van der Waals surface area contributed by atoms with Crippen LogP contribution in [-0.2, 0) is 7.05 Å². The minimum absolute atomic E-state index is 0.705. The largest absolute Gasteiger partial charge is 0.396 e. The Hall–Kier alpha value is -2.23. The average Bonchev–Trinajstić information content (AvgIpc) is 2.86. The van der Waals surface area contributed by atoms with E-state index < -0.39 is 0 Å². The number of aryl methyl sites for hydroxylation is 1. The van der Waals surface area contributed by atoms with Gasteiger partial charge in [-0.25, -0.2) is 0 Å². The van der Waals surface area contributed by atoms with Crippen LogP contribution in [0.15, 0.2) is 36.7 Å². The number of nitrogens with one attached hydrogen (secondary N) is 1. The Morgan fingerprint density at radius 2 is 2.19 bits per heavy atom. The van der Waals surface area contributed by atoms with Gasteiger partial charge in [-0.05, 0) is 12.1 Å². The first-order chi connectivity index (χ1) is 7.77. The summed E-state index contributed by atoms with van der Waals surface area (Å²) in [5.41, 5.74) is 9.82. The van der Waals surface area contributed by atoms with Crippen molar-refractivity contribution in [3.05, 3.63) is 36.7 Å². The Kier molecular flexibility index (Phi) is 1.77. The van der Waals surface area contributed by atoms with Crippen LogP contribution in [0.5, 0.6) is 0 Å². The number of nitrogens with zero attached hydrogens (tertiary/aromatic N) is 2. The van der Waals surface area contributed by atoms with Crippen LogP contribution in [0.4, 0.5) is 5.69 Å². The SMILES string of the molecule is Cn1ncc(N)c1-c1cccc2[nH]ccc12. The van der Waals surface area contributed by atoms with Crippen molar-refractivity contribution in [2.24, 2.45) is 7.05 Å². The maximum atomic E-state index is 5.94. The fourth-order valence-electron chi connectivity index (χ4n) is 2.08. The molecule has 0 aliphatic heterocycles.